The highest BCUT2D eigenvalue weighted by atomic mass is 16.6. The van der Waals surface area contributed by atoms with Gasteiger partial charge >= 0.3 is 6.09 Å². The summed E-state index contributed by atoms with van der Waals surface area (Å²) in [6.07, 6.45) is 0.371. The highest BCUT2D eigenvalue weighted by Gasteiger charge is 2.15. The van der Waals surface area contributed by atoms with Crippen LogP contribution in [0.4, 0.5) is 4.79 Å². The van der Waals surface area contributed by atoms with Gasteiger partial charge in [0.2, 0.25) is 0 Å². The van der Waals surface area contributed by atoms with Crippen LogP contribution < -0.4 is 20.7 Å². The average Bonchev–Trinajstić information content (AvgIpc) is 2.57. The predicted molar refractivity (Wildman–Crippen MR) is 110 cm³/mol. The molecule has 0 aliphatic rings. The first-order valence-electron chi connectivity index (χ1n) is 9.37. The van der Waals surface area contributed by atoms with E-state index in [1.165, 1.54) is 5.56 Å². The maximum atomic E-state index is 11.6. The van der Waals surface area contributed by atoms with Crippen LogP contribution in [-0.2, 0) is 11.2 Å². The lowest BCUT2D eigenvalue weighted by atomic mass is 10.1. The Morgan fingerprint density at radius 2 is 1.85 bits per heavy atom. The molecule has 0 saturated heterocycles. The molecule has 0 fully saturated rings. The Labute approximate surface area is 162 Å². The Hall–Kier alpha value is -2.44. The van der Waals surface area contributed by atoms with Crippen LogP contribution >= 0.6 is 0 Å². The van der Waals surface area contributed by atoms with E-state index in [0.717, 1.165) is 30.2 Å². The second-order valence-electron chi connectivity index (χ2n) is 7.18. The van der Waals surface area contributed by atoms with Gasteiger partial charge in [-0.3, -0.25) is 4.99 Å². The topological polar surface area (TPSA) is 84.0 Å². The van der Waals surface area contributed by atoms with Crippen molar-refractivity contribution in [3.05, 3.63) is 29.3 Å². The van der Waals surface area contributed by atoms with Crippen molar-refractivity contribution in [1.29, 1.82) is 0 Å². The number of benzene rings is 1. The van der Waals surface area contributed by atoms with E-state index in [1.54, 1.807) is 7.11 Å². The van der Waals surface area contributed by atoms with Gasteiger partial charge in [0.25, 0.3) is 0 Å². The molecule has 0 spiro atoms. The van der Waals surface area contributed by atoms with Gasteiger partial charge in [0.05, 0.1) is 7.11 Å². The lowest BCUT2D eigenvalue weighted by Crippen LogP contribution is -2.42. The summed E-state index contributed by atoms with van der Waals surface area (Å²) < 4.78 is 10.6. The number of aliphatic imine (C=N–C) groups is 1. The van der Waals surface area contributed by atoms with Gasteiger partial charge in [-0.1, -0.05) is 17.7 Å². The Kier molecular flexibility index (Phi) is 9.47. The molecule has 0 unspecified atom stereocenters. The fourth-order valence-electron chi connectivity index (χ4n) is 2.39. The molecule has 1 rings (SSSR count). The molecule has 0 heterocycles. The molecule has 1 aromatic rings. The number of methoxy groups -OCH3 is 1. The van der Waals surface area contributed by atoms with Crippen molar-refractivity contribution in [2.45, 2.75) is 46.6 Å². The average molecular weight is 379 g/mol. The van der Waals surface area contributed by atoms with Crippen molar-refractivity contribution in [2.24, 2.45) is 4.99 Å². The number of hydrogen-bond acceptors (Lipinski definition) is 4. The zero-order valence-corrected chi connectivity index (χ0v) is 17.4. The smallest absolute Gasteiger partial charge is 0.407 e. The summed E-state index contributed by atoms with van der Waals surface area (Å²) in [5, 5.41) is 9.12. The first-order chi connectivity index (χ1) is 12.7. The number of alkyl carbamates (subject to hydrolysis) is 1. The van der Waals surface area contributed by atoms with E-state index in [4.69, 9.17) is 9.47 Å². The maximum absolute atomic E-state index is 11.6. The van der Waals surface area contributed by atoms with Crippen molar-refractivity contribution < 1.29 is 14.3 Å². The molecule has 152 valence electrons. The number of nitrogens with zero attached hydrogens (tertiary/aromatic N) is 1. The van der Waals surface area contributed by atoms with Crippen LogP contribution in [0.1, 0.15) is 38.8 Å². The number of nitrogens with one attached hydrogen (secondary N) is 3. The molecule has 0 radical (unpaired) electrons. The molecular weight excluding hydrogens is 344 g/mol. The molecule has 1 amide bonds. The minimum Gasteiger partial charge on any atom is -0.496 e. The van der Waals surface area contributed by atoms with E-state index in [-0.39, 0.29) is 0 Å². The summed E-state index contributed by atoms with van der Waals surface area (Å²) in [7, 11) is 1.68. The van der Waals surface area contributed by atoms with Crippen LogP contribution in [0.3, 0.4) is 0 Å². The standard InChI is InChI=1S/C20H34N4O3/c1-7-21-18(23-12-13-24-19(25)27-20(3,4)5)22-11-10-16-14-15(2)8-9-17(16)26-6/h8-9,14H,7,10-13H2,1-6H3,(H,24,25)(H2,21,22,23). The number of rotatable bonds is 8. The van der Waals surface area contributed by atoms with Gasteiger partial charge in [-0.2, -0.15) is 0 Å². The van der Waals surface area contributed by atoms with Gasteiger partial charge in [0, 0.05) is 26.2 Å². The van der Waals surface area contributed by atoms with E-state index in [9.17, 15) is 4.79 Å². The molecule has 0 aliphatic carbocycles. The van der Waals surface area contributed by atoms with E-state index in [1.807, 2.05) is 39.8 Å². The van der Waals surface area contributed by atoms with Crippen molar-refractivity contribution in [1.82, 2.24) is 16.0 Å². The van der Waals surface area contributed by atoms with Crippen molar-refractivity contribution in [3.63, 3.8) is 0 Å². The molecule has 0 atom stereocenters. The second kappa shape index (κ2) is 11.3. The normalized spacial score (nSPS) is 11.7. The van der Waals surface area contributed by atoms with E-state index in [2.05, 4.69) is 33.9 Å². The van der Waals surface area contributed by atoms with Crippen LogP contribution in [0.15, 0.2) is 23.2 Å². The monoisotopic (exact) mass is 378 g/mol. The van der Waals surface area contributed by atoms with Crippen LogP contribution in [0.25, 0.3) is 0 Å². The van der Waals surface area contributed by atoms with Crippen molar-refractivity contribution in [3.8, 4) is 5.75 Å². The summed E-state index contributed by atoms with van der Waals surface area (Å²) >= 11 is 0. The molecule has 7 heteroatoms. The van der Waals surface area contributed by atoms with E-state index >= 15 is 0 Å². The van der Waals surface area contributed by atoms with Gasteiger partial charge in [0.15, 0.2) is 5.96 Å². The minimum atomic E-state index is -0.495. The van der Waals surface area contributed by atoms with Gasteiger partial charge in [0.1, 0.15) is 11.4 Å². The van der Waals surface area contributed by atoms with Crippen molar-refractivity contribution >= 4 is 12.1 Å². The highest BCUT2D eigenvalue weighted by molar-refractivity contribution is 5.79. The van der Waals surface area contributed by atoms with E-state index in [0.29, 0.717) is 19.6 Å². The zero-order chi connectivity index (χ0) is 20.3. The first kappa shape index (κ1) is 22.6. The number of carbonyl (C=O) groups excluding carboxylic acids is 1. The molecule has 1 aromatic carbocycles. The molecule has 0 aromatic heterocycles. The third kappa shape index (κ3) is 9.72. The van der Waals surface area contributed by atoms with Crippen molar-refractivity contribution in [2.75, 3.05) is 33.3 Å². The van der Waals surface area contributed by atoms with Crippen LogP contribution in [-0.4, -0.2) is 50.9 Å². The fourth-order valence-corrected chi connectivity index (χ4v) is 2.39. The first-order valence-corrected chi connectivity index (χ1v) is 9.37. The number of guanidine groups is 1. The summed E-state index contributed by atoms with van der Waals surface area (Å²) in [6.45, 7) is 12.0. The molecule has 3 N–H and O–H groups in total. The SMILES string of the molecule is CCNC(=NCCc1cc(C)ccc1OC)NCCNC(=O)OC(C)(C)C. The highest BCUT2D eigenvalue weighted by Crippen LogP contribution is 2.20. The van der Waals surface area contributed by atoms with Crippen LogP contribution in [0.5, 0.6) is 5.75 Å². The van der Waals surface area contributed by atoms with E-state index < -0.39 is 11.7 Å². The van der Waals surface area contributed by atoms with Gasteiger partial charge in [-0.15, -0.1) is 0 Å². The number of hydrogen-bond donors (Lipinski definition) is 3. The lowest BCUT2D eigenvalue weighted by Gasteiger charge is -2.20. The zero-order valence-electron chi connectivity index (χ0n) is 17.4. The van der Waals surface area contributed by atoms with Crippen LogP contribution in [0, 0.1) is 6.92 Å². The summed E-state index contributed by atoms with van der Waals surface area (Å²) in [6, 6.07) is 6.15. The molecular formula is C20H34N4O3. The third-order valence-corrected chi connectivity index (χ3v) is 3.52. The molecule has 7 nitrogen and oxygen atoms in total. The van der Waals surface area contributed by atoms with Gasteiger partial charge in [-0.25, -0.2) is 4.79 Å². The predicted octanol–water partition coefficient (Wildman–Crippen LogP) is 2.63. The maximum Gasteiger partial charge on any atom is 0.407 e. The third-order valence-electron chi connectivity index (χ3n) is 3.52. The summed E-state index contributed by atoms with van der Waals surface area (Å²) in [4.78, 5) is 16.2. The Bertz CT molecular complexity index is 624. The number of amides is 1. The lowest BCUT2D eigenvalue weighted by molar-refractivity contribution is 0.0529. The number of carbonyl (C=O) groups is 1. The number of aryl methyl sites for hydroxylation is 1. The fraction of sp³-hybridized carbons (Fsp3) is 0.600. The number of ether oxygens (including phenoxy) is 2. The Morgan fingerprint density at radius 3 is 2.48 bits per heavy atom. The molecule has 27 heavy (non-hydrogen) atoms. The molecule has 0 bridgehead atoms. The quantitative estimate of drug-likeness (QED) is 0.368. The van der Waals surface area contributed by atoms with Crippen LogP contribution in [0.2, 0.25) is 0 Å². The Balaban J connectivity index is 2.46. The minimum absolute atomic E-state index is 0.419. The van der Waals surface area contributed by atoms with Gasteiger partial charge < -0.3 is 25.4 Å². The van der Waals surface area contributed by atoms with Gasteiger partial charge in [-0.05, 0) is 52.7 Å². The summed E-state index contributed by atoms with van der Waals surface area (Å²) in [5.41, 5.74) is 1.85. The molecule has 0 saturated carbocycles. The largest absolute Gasteiger partial charge is 0.496 e. The Morgan fingerprint density at radius 1 is 1.15 bits per heavy atom. The molecule has 0 aliphatic heterocycles. The second-order valence-corrected chi connectivity index (χ2v) is 7.18. The summed E-state index contributed by atoms with van der Waals surface area (Å²) in [5.74, 6) is 1.60.